The third kappa shape index (κ3) is 5.14. The van der Waals surface area contributed by atoms with Gasteiger partial charge in [0.2, 0.25) is 5.91 Å². The van der Waals surface area contributed by atoms with Crippen LogP contribution in [0, 0.1) is 0 Å². The quantitative estimate of drug-likeness (QED) is 0.806. The molecule has 2 saturated heterocycles. The lowest BCUT2D eigenvalue weighted by Gasteiger charge is -2.44. The fourth-order valence-corrected chi connectivity index (χ4v) is 4.45. The van der Waals surface area contributed by atoms with Gasteiger partial charge in [-0.2, -0.15) is 0 Å². The molecule has 0 spiro atoms. The minimum Gasteiger partial charge on any atom is -0.369 e. The van der Waals surface area contributed by atoms with Crippen molar-refractivity contribution < 1.29 is 4.79 Å². The highest BCUT2D eigenvalue weighted by Crippen LogP contribution is 2.21. The van der Waals surface area contributed by atoms with Crippen LogP contribution in [-0.2, 0) is 4.79 Å². The summed E-state index contributed by atoms with van der Waals surface area (Å²) in [5.41, 5.74) is 1.33. The molecule has 0 bridgehead atoms. The number of rotatable bonds is 5. The summed E-state index contributed by atoms with van der Waals surface area (Å²) in [6.45, 7) is 10.5. The van der Waals surface area contributed by atoms with Crippen molar-refractivity contribution in [1.82, 2.24) is 9.80 Å². The standard InChI is InChI=1S/C20H31N3OS/c1-17(2)25-16-20(24)23-10-6-9-19(15-23)22-13-11-21(12-14-22)18-7-4-3-5-8-18/h3-5,7-8,17,19H,6,9-16H2,1-2H3. The molecular formula is C20H31N3OS. The summed E-state index contributed by atoms with van der Waals surface area (Å²) >= 11 is 1.76. The Labute approximate surface area is 156 Å². The molecule has 0 N–H and O–H groups in total. The molecule has 1 unspecified atom stereocenters. The predicted octanol–water partition coefficient (Wildman–Crippen LogP) is 2.94. The van der Waals surface area contributed by atoms with Crippen LogP contribution in [0.2, 0.25) is 0 Å². The molecule has 0 aliphatic carbocycles. The summed E-state index contributed by atoms with van der Waals surface area (Å²) in [5, 5.41) is 0.524. The molecule has 0 radical (unpaired) electrons. The number of carbonyl (C=O) groups excluding carboxylic acids is 1. The summed E-state index contributed by atoms with van der Waals surface area (Å²) < 4.78 is 0. The van der Waals surface area contributed by atoms with Gasteiger partial charge in [0.15, 0.2) is 0 Å². The fourth-order valence-electron chi connectivity index (χ4n) is 3.79. The van der Waals surface area contributed by atoms with Crippen LogP contribution in [0.15, 0.2) is 30.3 Å². The number of thioether (sulfide) groups is 1. The fraction of sp³-hybridized carbons (Fsp3) is 0.650. The predicted molar refractivity (Wildman–Crippen MR) is 107 cm³/mol. The summed E-state index contributed by atoms with van der Waals surface area (Å²) in [5.74, 6) is 0.956. The van der Waals surface area contributed by atoms with E-state index < -0.39 is 0 Å². The summed E-state index contributed by atoms with van der Waals surface area (Å²) in [7, 11) is 0. The lowest BCUT2D eigenvalue weighted by Crippen LogP contribution is -2.56. The van der Waals surface area contributed by atoms with Crippen molar-refractivity contribution in [3.63, 3.8) is 0 Å². The minimum absolute atomic E-state index is 0.325. The number of carbonyl (C=O) groups is 1. The van der Waals surface area contributed by atoms with Crippen LogP contribution in [0.3, 0.4) is 0 Å². The molecule has 2 aliphatic heterocycles. The van der Waals surface area contributed by atoms with Gasteiger partial charge in [0.1, 0.15) is 0 Å². The van der Waals surface area contributed by atoms with Gasteiger partial charge in [0.05, 0.1) is 5.75 Å². The maximum Gasteiger partial charge on any atom is 0.232 e. The van der Waals surface area contributed by atoms with E-state index in [-0.39, 0.29) is 0 Å². The van der Waals surface area contributed by atoms with Crippen LogP contribution in [0.4, 0.5) is 5.69 Å². The number of para-hydroxylation sites is 1. The second kappa shape index (κ2) is 8.95. The molecule has 1 aromatic carbocycles. The van der Waals surface area contributed by atoms with Crippen molar-refractivity contribution in [2.45, 2.75) is 38.0 Å². The zero-order valence-electron chi connectivity index (χ0n) is 15.6. The SMILES string of the molecule is CC(C)SCC(=O)N1CCCC(N2CCN(c3ccccc3)CC2)C1. The third-order valence-corrected chi connectivity index (χ3v) is 6.32. The highest BCUT2D eigenvalue weighted by Gasteiger charge is 2.29. The smallest absolute Gasteiger partial charge is 0.232 e. The third-order valence-electron chi connectivity index (χ3n) is 5.24. The van der Waals surface area contributed by atoms with Crippen molar-refractivity contribution in [1.29, 1.82) is 0 Å². The summed E-state index contributed by atoms with van der Waals surface area (Å²) in [6.07, 6.45) is 2.37. The lowest BCUT2D eigenvalue weighted by molar-refractivity contribution is -0.130. The number of hydrogen-bond acceptors (Lipinski definition) is 4. The number of piperazine rings is 1. The van der Waals surface area contributed by atoms with E-state index in [9.17, 15) is 4.79 Å². The average molecular weight is 362 g/mol. The molecule has 2 fully saturated rings. The van der Waals surface area contributed by atoms with Crippen LogP contribution in [0.5, 0.6) is 0 Å². The zero-order chi connectivity index (χ0) is 17.6. The second-order valence-electron chi connectivity index (χ2n) is 7.35. The number of benzene rings is 1. The summed E-state index contributed by atoms with van der Waals surface area (Å²) in [6, 6.07) is 11.2. The Balaban J connectivity index is 1.49. The van der Waals surface area contributed by atoms with E-state index in [0.717, 1.165) is 45.7 Å². The Hall–Kier alpha value is -1.20. The van der Waals surface area contributed by atoms with Gasteiger partial charge in [-0.15, -0.1) is 11.8 Å². The van der Waals surface area contributed by atoms with Gasteiger partial charge in [-0.1, -0.05) is 32.0 Å². The van der Waals surface area contributed by atoms with Crippen molar-refractivity contribution in [3.8, 4) is 0 Å². The monoisotopic (exact) mass is 361 g/mol. The maximum atomic E-state index is 12.4. The molecule has 5 heteroatoms. The topological polar surface area (TPSA) is 26.8 Å². The zero-order valence-corrected chi connectivity index (χ0v) is 16.4. The normalized spacial score (nSPS) is 22.4. The molecule has 25 heavy (non-hydrogen) atoms. The van der Waals surface area contributed by atoms with E-state index in [1.165, 1.54) is 12.1 Å². The molecule has 3 rings (SSSR count). The molecule has 138 valence electrons. The molecule has 2 aliphatic rings. The Bertz CT molecular complexity index is 543. The molecule has 1 amide bonds. The van der Waals surface area contributed by atoms with Gasteiger partial charge in [0, 0.05) is 51.0 Å². The van der Waals surface area contributed by atoms with Crippen LogP contribution in [0.25, 0.3) is 0 Å². The molecule has 4 nitrogen and oxygen atoms in total. The van der Waals surface area contributed by atoms with Crippen LogP contribution < -0.4 is 4.90 Å². The second-order valence-corrected chi connectivity index (χ2v) is 8.92. The van der Waals surface area contributed by atoms with Crippen LogP contribution in [0.1, 0.15) is 26.7 Å². The van der Waals surface area contributed by atoms with E-state index in [1.54, 1.807) is 11.8 Å². The van der Waals surface area contributed by atoms with E-state index >= 15 is 0 Å². The van der Waals surface area contributed by atoms with E-state index in [2.05, 4.69) is 58.9 Å². The first-order valence-electron chi connectivity index (χ1n) is 9.57. The molecule has 1 aromatic rings. The van der Waals surface area contributed by atoms with Crippen molar-refractivity contribution in [2.24, 2.45) is 0 Å². The van der Waals surface area contributed by atoms with Gasteiger partial charge >= 0.3 is 0 Å². The Kier molecular flexibility index (Phi) is 6.65. The van der Waals surface area contributed by atoms with E-state index in [4.69, 9.17) is 0 Å². The first-order chi connectivity index (χ1) is 12.1. The Morgan fingerprint density at radius 2 is 1.84 bits per heavy atom. The first-order valence-corrected chi connectivity index (χ1v) is 10.6. The largest absolute Gasteiger partial charge is 0.369 e. The number of hydrogen-bond donors (Lipinski definition) is 0. The maximum absolute atomic E-state index is 12.4. The highest BCUT2D eigenvalue weighted by atomic mass is 32.2. The molecule has 0 saturated carbocycles. The first kappa shape index (κ1) is 18.6. The van der Waals surface area contributed by atoms with Crippen molar-refractivity contribution in [2.75, 3.05) is 49.9 Å². The number of likely N-dealkylation sites (tertiary alicyclic amines) is 1. The minimum atomic E-state index is 0.325. The number of piperidine rings is 1. The van der Waals surface area contributed by atoms with Gasteiger partial charge in [-0.25, -0.2) is 0 Å². The van der Waals surface area contributed by atoms with Gasteiger partial charge in [-0.05, 0) is 30.2 Å². The number of nitrogens with zero attached hydrogens (tertiary/aromatic N) is 3. The van der Waals surface area contributed by atoms with Gasteiger partial charge < -0.3 is 9.80 Å². The van der Waals surface area contributed by atoms with Crippen molar-refractivity contribution >= 4 is 23.4 Å². The molecule has 0 aromatic heterocycles. The lowest BCUT2D eigenvalue weighted by atomic mass is 10.0. The van der Waals surface area contributed by atoms with Crippen LogP contribution in [-0.4, -0.2) is 72.0 Å². The number of amides is 1. The van der Waals surface area contributed by atoms with E-state index in [0.29, 0.717) is 23.0 Å². The summed E-state index contributed by atoms with van der Waals surface area (Å²) in [4.78, 5) is 19.6. The van der Waals surface area contributed by atoms with Crippen LogP contribution >= 0.6 is 11.8 Å². The molecule has 1 atom stereocenters. The Morgan fingerprint density at radius 1 is 1.12 bits per heavy atom. The Morgan fingerprint density at radius 3 is 2.52 bits per heavy atom. The van der Waals surface area contributed by atoms with E-state index in [1.807, 2.05) is 0 Å². The molecule has 2 heterocycles. The van der Waals surface area contributed by atoms with Gasteiger partial charge in [0.25, 0.3) is 0 Å². The number of anilines is 1. The highest BCUT2D eigenvalue weighted by molar-refractivity contribution is 8.00. The molecular weight excluding hydrogens is 330 g/mol. The van der Waals surface area contributed by atoms with Crippen molar-refractivity contribution in [3.05, 3.63) is 30.3 Å². The van der Waals surface area contributed by atoms with Gasteiger partial charge in [-0.3, -0.25) is 9.69 Å². The average Bonchev–Trinajstić information content (AvgIpc) is 2.67.